The first-order valence-electron chi connectivity index (χ1n) is 7.15. The van der Waals surface area contributed by atoms with Crippen molar-refractivity contribution in [3.63, 3.8) is 0 Å². The van der Waals surface area contributed by atoms with Crippen LogP contribution in [-0.2, 0) is 19.1 Å². The number of rotatable bonds is 9. The summed E-state index contributed by atoms with van der Waals surface area (Å²) in [6.07, 6.45) is 5.37. The summed E-state index contributed by atoms with van der Waals surface area (Å²) in [6, 6.07) is 0. The highest BCUT2D eigenvalue weighted by atomic mass is 16.6. The van der Waals surface area contributed by atoms with Crippen LogP contribution in [0, 0.1) is 0 Å². The number of carboxylic acids is 1. The van der Waals surface area contributed by atoms with Crippen LogP contribution in [0.5, 0.6) is 0 Å². The molecule has 6 nitrogen and oxygen atoms in total. The van der Waals surface area contributed by atoms with Crippen LogP contribution in [0.15, 0.2) is 0 Å². The van der Waals surface area contributed by atoms with Gasteiger partial charge in [-0.05, 0) is 13.3 Å². The zero-order valence-electron chi connectivity index (χ0n) is 12.3. The van der Waals surface area contributed by atoms with Crippen LogP contribution in [0.3, 0.4) is 0 Å². The van der Waals surface area contributed by atoms with Crippen molar-refractivity contribution in [2.75, 3.05) is 13.2 Å². The molecule has 1 aliphatic heterocycles. The lowest BCUT2D eigenvalue weighted by Gasteiger charge is -2.02. The quantitative estimate of drug-likeness (QED) is 0.381. The highest BCUT2D eigenvalue weighted by Crippen LogP contribution is 2.10. The van der Waals surface area contributed by atoms with Gasteiger partial charge in [0, 0.05) is 6.42 Å². The molecule has 0 aromatic rings. The van der Waals surface area contributed by atoms with E-state index in [0.29, 0.717) is 13.0 Å². The fraction of sp³-hybridized carbons (Fsp3) is 0.857. The zero-order valence-corrected chi connectivity index (χ0v) is 12.3. The molecule has 0 aliphatic carbocycles. The Balaban J connectivity index is 0.000000511. The monoisotopic (exact) mass is 290 g/mol. The standard InChI is InChI=1S/C11H20O3.C3H6O3/c1-2-3-4-5-6-7-11(12)14-9-10-8-13-10;1-2(4)3(5)6/h10H,2-9H2,1H3;2,4H,1H3,(H,5,6). The number of carbonyl (C=O) groups excluding carboxylic acids is 1. The number of esters is 1. The highest BCUT2D eigenvalue weighted by Gasteiger charge is 2.23. The first-order valence-corrected chi connectivity index (χ1v) is 7.15. The highest BCUT2D eigenvalue weighted by molar-refractivity contribution is 5.71. The van der Waals surface area contributed by atoms with Crippen molar-refractivity contribution in [3.05, 3.63) is 0 Å². The van der Waals surface area contributed by atoms with Gasteiger partial charge in [0.2, 0.25) is 0 Å². The second-order valence-electron chi connectivity index (χ2n) is 4.82. The molecule has 1 saturated heterocycles. The molecule has 0 spiro atoms. The molecule has 6 heteroatoms. The van der Waals surface area contributed by atoms with Crippen molar-refractivity contribution < 1.29 is 29.3 Å². The van der Waals surface area contributed by atoms with Crippen molar-refractivity contribution in [2.24, 2.45) is 0 Å². The second-order valence-corrected chi connectivity index (χ2v) is 4.82. The van der Waals surface area contributed by atoms with Crippen LogP contribution in [0.25, 0.3) is 0 Å². The average Bonchev–Trinajstić information content (AvgIpc) is 3.21. The van der Waals surface area contributed by atoms with Gasteiger partial charge in [0.1, 0.15) is 18.8 Å². The predicted octanol–water partition coefficient (Wildman–Crippen LogP) is 1.74. The number of unbranched alkanes of at least 4 members (excludes halogenated alkanes) is 4. The third-order valence-electron chi connectivity index (χ3n) is 2.67. The summed E-state index contributed by atoms with van der Waals surface area (Å²) >= 11 is 0. The smallest absolute Gasteiger partial charge is 0.332 e. The molecule has 1 fully saturated rings. The molecule has 1 aliphatic rings. The Bertz CT molecular complexity index is 273. The number of carbonyl (C=O) groups is 2. The van der Waals surface area contributed by atoms with Crippen molar-refractivity contribution in [1.29, 1.82) is 0 Å². The molecular weight excluding hydrogens is 264 g/mol. The van der Waals surface area contributed by atoms with E-state index < -0.39 is 12.1 Å². The maximum Gasteiger partial charge on any atom is 0.332 e. The van der Waals surface area contributed by atoms with E-state index in [-0.39, 0.29) is 12.1 Å². The summed E-state index contributed by atoms with van der Waals surface area (Å²) < 4.78 is 9.95. The summed E-state index contributed by atoms with van der Waals surface area (Å²) in [5.74, 6) is -1.26. The molecule has 0 amide bonds. The second kappa shape index (κ2) is 11.7. The average molecular weight is 290 g/mol. The summed E-state index contributed by atoms with van der Waals surface area (Å²) in [7, 11) is 0. The van der Waals surface area contributed by atoms with E-state index >= 15 is 0 Å². The van der Waals surface area contributed by atoms with Gasteiger partial charge in [-0.25, -0.2) is 4.79 Å². The number of hydrogen-bond acceptors (Lipinski definition) is 5. The van der Waals surface area contributed by atoms with Crippen molar-refractivity contribution in [2.45, 2.75) is 64.6 Å². The topological polar surface area (TPSA) is 96.4 Å². The fourth-order valence-corrected chi connectivity index (χ4v) is 1.30. The van der Waals surface area contributed by atoms with Gasteiger partial charge in [0.05, 0.1) is 6.61 Å². The van der Waals surface area contributed by atoms with Crippen molar-refractivity contribution >= 4 is 11.9 Å². The Morgan fingerprint density at radius 3 is 2.30 bits per heavy atom. The van der Waals surface area contributed by atoms with Crippen molar-refractivity contribution in [1.82, 2.24) is 0 Å². The zero-order chi connectivity index (χ0) is 15.4. The fourth-order valence-electron chi connectivity index (χ4n) is 1.30. The largest absolute Gasteiger partial charge is 0.479 e. The number of ether oxygens (including phenoxy) is 2. The first-order chi connectivity index (χ1) is 9.47. The SMILES string of the molecule is CC(O)C(=O)O.CCCCCCCC(=O)OCC1CO1. The maximum atomic E-state index is 11.1. The minimum Gasteiger partial charge on any atom is -0.479 e. The number of hydrogen-bond donors (Lipinski definition) is 2. The number of aliphatic hydroxyl groups is 1. The number of aliphatic hydroxyl groups excluding tert-OH is 1. The molecule has 0 radical (unpaired) electrons. The number of epoxide rings is 1. The van der Waals surface area contributed by atoms with E-state index in [1.807, 2.05) is 0 Å². The van der Waals surface area contributed by atoms with Crippen LogP contribution >= 0.6 is 0 Å². The molecule has 2 unspecified atom stereocenters. The molecule has 0 bridgehead atoms. The molecule has 0 saturated carbocycles. The lowest BCUT2D eigenvalue weighted by atomic mass is 10.1. The molecule has 20 heavy (non-hydrogen) atoms. The molecular formula is C14H26O6. The Morgan fingerprint density at radius 1 is 1.30 bits per heavy atom. The van der Waals surface area contributed by atoms with Gasteiger partial charge in [-0.1, -0.05) is 32.6 Å². The predicted molar refractivity (Wildman–Crippen MR) is 73.4 cm³/mol. The minimum atomic E-state index is -1.23. The van der Waals surface area contributed by atoms with E-state index in [4.69, 9.17) is 19.7 Å². The molecule has 2 N–H and O–H groups in total. The van der Waals surface area contributed by atoms with Gasteiger partial charge in [0.25, 0.3) is 0 Å². The molecule has 118 valence electrons. The number of aliphatic carboxylic acids is 1. The van der Waals surface area contributed by atoms with Gasteiger partial charge >= 0.3 is 11.9 Å². The Kier molecular flexibility index (Phi) is 11.0. The van der Waals surface area contributed by atoms with Gasteiger partial charge in [-0.2, -0.15) is 0 Å². The number of carboxylic acid groups (broad SMARTS) is 1. The minimum absolute atomic E-state index is 0.0722. The normalized spacial score (nSPS) is 17.6. The van der Waals surface area contributed by atoms with Gasteiger partial charge in [-0.15, -0.1) is 0 Å². The van der Waals surface area contributed by atoms with Gasteiger partial charge in [-0.3, -0.25) is 4.79 Å². The van der Waals surface area contributed by atoms with E-state index in [2.05, 4.69) is 6.92 Å². The first kappa shape index (κ1) is 18.9. The summed E-state index contributed by atoms with van der Waals surface area (Å²) in [6.45, 7) is 4.59. The Morgan fingerprint density at radius 2 is 1.85 bits per heavy atom. The molecule has 1 heterocycles. The molecule has 1 rings (SSSR count). The van der Waals surface area contributed by atoms with Crippen LogP contribution in [0.2, 0.25) is 0 Å². The van der Waals surface area contributed by atoms with E-state index in [9.17, 15) is 9.59 Å². The third kappa shape index (κ3) is 13.3. The lowest BCUT2D eigenvalue weighted by molar-refractivity contribution is -0.145. The summed E-state index contributed by atoms with van der Waals surface area (Å²) in [5, 5.41) is 15.8. The third-order valence-corrected chi connectivity index (χ3v) is 2.67. The van der Waals surface area contributed by atoms with E-state index in [1.165, 1.54) is 26.2 Å². The van der Waals surface area contributed by atoms with E-state index in [1.54, 1.807) is 0 Å². The Hall–Kier alpha value is -1.14. The van der Waals surface area contributed by atoms with Crippen LogP contribution in [0.1, 0.15) is 52.4 Å². The molecule has 0 aromatic carbocycles. The van der Waals surface area contributed by atoms with Gasteiger partial charge < -0.3 is 19.7 Å². The summed E-state index contributed by atoms with van der Waals surface area (Å²) in [4.78, 5) is 20.6. The van der Waals surface area contributed by atoms with Crippen LogP contribution in [-0.4, -0.2) is 47.6 Å². The van der Waals surface area contributed by atoms with Crippen LogP contribution < -0.4 is 0 Å². The Labute approximate surface area is 120 Å². The molecule has 2 atom stereocenters. The van der Waals surface area contributed by atoms with Gasteiger partial charge in [0.15, 0.2) is 0 Å². The lowest BCUT2D eigenvalue weighted by Crippen LogP contribution is -2.13. The van der Waals surface area contributed by atoms with Crippen molar-refractivity contribution in [3.8, 4) is 0 Å². The summed E-state index contributed by atoms with van der Waals surface area (Å²) in [5.41, 5.74) is 0. The maximum absolute atomic E-state index is 11.1. The van der Waals surface area contributed by atoms with E-state index in [0.717, 1.165) is 19.4 Å². The van der Waals surface area contributed by atoms with Crippen LogP contribution in [0.4, 0.5) is 0 Å². The molecule has 0 aromatic heterocycles.